The molecule has 0 atom stereocenters. The molecule has 146 valence electrons. The van der Waals surface area contributed by atoms with Gasteiger partial charge in [0.1, 0.15) is 0 Å². The van der Waals surface area contributed by atoms with Gasteiger partial charge >= 0.3 is 0 Å². The lowest BCUT2D eigenvalue weighted by Gasteiger charge is -2.15. The van der Waals surface area contributed by atoms with Crippen LogP contribution in [-0.2, 0) is 0 Å². The highest BCUT2D eigenvalue weighted by Crippen LogP contribution is 2.37. The summed E-state index contributed by atoms with van der Waals surface area (Å²) in [5, 5.41) is 11.3. The van der Waals surface area contributed by atoms with Crippen LogP contribution in [0.25, 0.3) is 43.4 Å². The zero-order valence-corrected chi connectivity index (χ0v) is 17.0. The van der Waals surface area contributed by atoms with Crippen LogP contribution in [0.2, 0.25) is 0 Å². The lowest BCUT2D eigenvalue weighted by Crippen LogP contribution is -1.93. The lowest BCUT2D eigenvalue weighted by molar-refractivity contribution is 1.57. The van der Waals surface area contributed by atoms with Crippen molar-refractivity contribution in [2.45, 2.75) is 0 Å². The highest BCUT2D eigenvalue weighted by atomic mass is 14.9. The fourth-order valence-corrected chi connectivity index (χ4v) is 4.51. The number of anilines is 2. The van der Waals surface area contributed by atoms with Gasteiger partial charge in [0.05, 0.1) is 0 Å². The SMILES string of the molecule is c1ccc(-c2ccc(Nc3cc4ccc5ccccc5c4c4ccccc34)cc2)cc1. The lowest BCUT2D eigenvalue weighted by atomic mass is 9.95. The smallest absolute Gasteiger partial charge is 0.0470 e. The molecule has 0 heterocycles. The number of fused-ring (bicyclic) bond motifs is 5. The molecule has 6 rings (SSSR count). The van der Waals surface area contributed by atoms with Crippen molar-refractivity contribution < 1.29 is 0 Å². The predicted octanol–water partition coefficient (Wildman–Crippen LogP) is 8.56. The fourth-order valence-electron chi connectivity index (χ4n) is 4.51. The first kappa shape index (κ1) is 17.7. The summed E-state index contributed by atoms with van der Waals surface area (Å²) in [5.74, 6) is 0. The molecule has 0 saturated carbocycles. The highest BCUT2D eigenvalue weighted by molar-refractivity contribution is 6.23. The largest absolute Gasteiger partial charge is 0.355 e. The van der Waals surface area contributed by atoms with Gasteiger partial charge in [-0.25, -0.2) is 0 Å². The molecule has 0 aliphatic carbocycles. The number of benzene rings is 6. The monoisotopic (exact) mass is 395 g/mol. The van der Waals surface area contributed by atoms with Crippen molar-refractivity contribution in [2.75, 3.05) is 5.32 Å². The Hall–Kier alpha value is -4.10. The zero-order chi connectivity index (χ0) is 20.6. The van der Waals surface area contributed by atoms with E-state index in [2.05, 4.69) is 121 Å². The minimum Gasteiger partial charge on any atom is -0.355 e. The summed E-state index contributed by atoms with van der Waals surface area (Å²) in [6.45, 7) is 0. The van der Waals surface area contributed by atoms with E-state index in [0.717, 1.165) is 11.4 Å². The Morgan fingerprint density at radius 2 is 1.03 bits per heavy atom. The van der Waals surface area contributed by atoms with Crippen molar-refractivity contribution in [1.82, 2.24) is 0 Å². The van der Waals surface area contributed by atoms with Gasteiger partial charge in [-0.3, -0.25) is 0 Å². The van der Waals surface area contributed by atoms with Crippen molar-refractivity contribution >= 4 is 43.7 Å². The molecule has 31 heavy (non-hydrogen) atoms. The van der Waals surface area contributed by atoms with Crippen molar-refractivity contribution in [1.29, 1.82) is 0 Å². The first-order chi connectivity index (χ1) is 15.4. The Morgan fingerprint density at radius 3 is 1.84 bits per heavy atom. The van der Waals surface area contributed by atoms with E-state index in [1.165, 1.54) is 43.4 Å². The molecule has 1 N–H and O–H groups in total. The topological polar surface area (TPSA) is 12.0 Å². The maximum absolute atomic E-state index is 3.67. The average molecular weight is 396 g/mol. The van der Waals surface area contributed by atoms with Crippen LogP contribution in [0.3, 0.4) is 0 Å². The molecule has 1 heteroatoms. The maximum atomic E-state index is 3.67. The normalized spacial score (nSPS) is 11.2. The molecule has 6 aromatic carbocycles. The Labute approximate surface area is 181 Å². The second-order valence-corrected chi connectivity index (χ2v) is 7.92. The van der Waals surface area contributed by atoms with Gasteiger partial charge in [-0.05, 0) is 56.3 Å². The molecule has 0 aliphatic heterocycles. The third-order valence-corrected chi connectivity index (χ3v) is 6.02. The maximum Gasteiger partial charge on any atom is 0.0470 e. The molecule has 0 unspecified atom stereocenters. The summed E-state index contributed by atoms with van der Waals surface area (Å²) in [7, 11) is 0. The Balaban J connectivity index is 1.48. The van der Waals surface area contributed by atoms with Gasteiger partial charge in [-0.2, -0.15) is 0 Å². The third-order valence-electron chi connectivity index (χ3n) is 6.02. The summed E-state index contributed by atoms with van der Waals surface area (Å²) in [4.78, 5) is 0. The number of hydrogen-bond donors (Lipinski definition) is 1. The summed E-state index contributed by atoms with van der Waals surface area (Å²) in [6, 6.07) is 43.2. The van der Waals surface area contributed by atoms with Crippen LogP contribution >= 0.6 is 0 Å². The summed E-state index contributed by atoms with van der Waals surface area (Å²) in [5.41, 5.74) is 4.67. The first-order valence-electron chi connectivity index (χ1n) is 10.6. The second kappa shape index (κ2) is 7.30. The van der Waals surface area contributed by atoms with Gasteiger partial charge in [-0.15, -0.1) is 0 Å². The molecular weight excluding hydrogens is 374 g/mol. The molecule has 0 aromatic heterocycles. The van der Waals surface area contributed by atoms with Gasteiger partial charge in [-0.1, -0.05) is 103 Å². The zero-order valence-electron chi connectivity index (χ0n) is 17.0. The average Bonchev–Trinajstić information content (AvgIpc) is 2.85. The molecule has 0 amide bonds. The quantitative estimate of drug-likeness (QED) is 0.296. The van der Waals surface area contributed by atoms with E-state index in [4.69, 9.17) is 0 Å². The molecule has 0 bridgehead atoms. The minimum atomic E-state index is 1.09. The van der Waals surface area contributed by atoms with Crippen LogP contribution < -0.4 is 5.32 Å². The van der Waals surface area contributed by atoms with Gasteiger partial charge in [0.15, 0.2) is 0 Å². The summed E-state index contributed by atoms with van der Waals surface area (Å²) in [6.07, 6.45) is 0. The van der Waals surface area contributed by atoms with Crippen molar-refractivity contribution in [2.24, 2.45) is 0 Å². The van der Waals surface area contributed by atoms with E-state index in [9.17, 15) is 0 Å². The van der Waals surface area contributed by atoms with Gasteiger partial charge < -0.3 is 5.32 Å². The van der Waals surface area contributed by atoms with Gasteiger partial charge in [0.2, 0.25) is 0 Å². The first-order valence-corrected chi connectivity index (χ1v) is 10.6. The predicted molar refractivity (Wildman–Crippen MR) is 134 cm³/mol. The van der Waals surface area contributed by atoms with Crippen LogP contribution in [0.5, 0.6) is 0 Å². The van der Waals surface area contributed by atoms with Crippen LogP contribution in [0, 0.1) is 0 Å². The molecule has 0 radical (unpaired) electrons. The molecule has 6 aromatic rings. The minimum absolute atomic E-state index is 1.09. The third kappa shape index (κ3) is 3.12. The van der Waals surface area contributed by atoms with E-state index >= 15 is 0 Å². The van der Waals surface area contributed by atoms with Crippen LogP contribution in [0.15, 0.2) is 121 Å². The number of rotatable bonds is 3. The van der Waals surface area contributed by atoms with Crippen molar-refractivity contribution in [3.8, 4) is 11.1 Å². The van der Waals surface area contributed by atoms with Gasteiger partial charge in [0, 0.05) is 16.8 Å². The number of nitrogens with one attached hydrogen (secondary N) is 1. The molecule has 1 nitrogen and oxygen atoms in total. The summed E-state index contributed by atoms with van der Waals surface area (Å²) < 4.78 is 0. The van der Waals surface area contributed by atoms with E-state index in [0.29, 0.717) is 0 Å². The van der Waals surface area contributed by atoms with E-state index in [1.54, 1.807) is 0 Å². The van der Waals surface area contributed by atoms with E-state index in [-0.39, 0.29) is 0 Å². The molecular formula is C30H21N. The number of hydrogen-bond acceptors (Lipinski definition) is 1. The second-order valence-electron chi connectivity index (χ2n) is 7.92. The van der Waals surface area contributed by atoms with E-state index in [1.807, 2.05) is 6.07 Å². The standard InChI is InChI=1S/C30H21N/c1-2-8-21(9-3-1)22-16-18-25(19-17-22)31-29-20-24-15-14-23-10-4-5-11-26(23)30(24)28-13-7-6-12-27(28)29/h1-20,31H. The molecule has 0 aliphatic rings. The molecule has 0 saturated heterocycles. The van der Waals surface area contributed by atoms with Crippen LogP contribution in [0.1, 0.15) is 0 Å². The molecule has 0 fully saturated rings. The van der Waals surface area contributed by atoms with E-state index < -0.39 is 0 Å². The molecule has 0 spiro atoms. The summed E-state index contributed by atoms with van der Waals surface area (Å²) >= 11 is 0. The Kier molecular flexibility index (Phi) is 4.18. The fraction of sp³-hybridized carbons (Fsp3) is 0. The van der Waals surface area contributed by atoms with Crippen molar-refractivity contribution in [3.05, 3.63) is 121 Å². The van der Waals surface area contributed by atoms with Gasteiger partial charge in [0.25, 0.3) is 0 Å². The Bertz CT molecular complexity index is 1530. The Morgan fingerprint density at radius 1 is 0.419 bits per heavy atom. The van der Waals surface area contributed by atoms with Crippen LogP contribution in [-0.4, -0.2) is 0 Å². The highest BCUT2D eigenvalue weighted by Gasteiger charge is 2.10. The van der Waals surface area contributed by atoms with Crippen molar-refractivity contribution in [3.63, 3.8) is 0 Å². The van der Waals surface area contributed by atoms with Crippen LogP contribution in [0.4, 0.5) is 11.4 Å².